The van der Waals surface area contributed by atoms with Crippen LogP contribution >= 0.6 is 0 Å². The maximum absolute atomic E-state index is 9.55. The molecule has 4 N–H and O–H groups in total. The monoisotopic (exact) mass is 831 g/mol. The third-order valence-electron chi connectivity index (χ3n) is 8.72. The maximum Gasteiger partial charge on any atom is 0.328 e. The van der Waals surface area contributed by atoms with Crippen LogP contribution < -0.4 is 28.4 Å². The van der Waals surface area contributed by atoms with Gasteiger partial charge < -0.3 is 48.8 Å². The quantitative estimate of drug-likeness (QED) is 0.106. The number of nitrogens with zero attached hydrogens (tertiary/aromatic N) is 3. The van der Waals surface area contributed by atoms with Crippen molar-refractivity contribution in [2.75, 3.05) is 68.8 Å². The SMILES string of the molecule is COc1cc(-c2cccc(CN3CCN(Cc4ccnc(-c5cc(OC)c(OC)c(OC)c5)c4)CC3)c2)cc(OC)c1OC.O=C(O)C=CC(=O)O.O=C(O)C=CC(=O)O. The highest BCUT2D eigenvalue weighted by molar-refractivity contribution is 5.90. The predicted molar refractivity (Wildman–Crippen MR) is 220 cm³/mol. The smallest absolute Gasteiger partial charge is 0.328 e. The van der Waals surface area contributed by atoms with Crippen LogP contribution in [0.3, 0.4) is 0 Å². The number of ether oxygens (including phenoxy) is 6. The molecule has 3 aromatic carbocycles. The highest BCUT2D eigenvalue weighted by Gasteiger charge is 2.20. The summed E-state index contributed by atoms with van der Waals surface area (Å²) in [5, 5.41) is 31.2. The van der Waals surface area contributed by atoms with Crippen LogP contribution in [0.1, 0.15) is 11.1 Å². The van der Waals surface area contributed by atoms with Crippen LogP contribution in [0.2, 0.25) is 0 Å². The van der Waals surface area contributed by atoms with E-state index in [0.717, 1.165) is 61.7 Å². The first-order valence-electron chi connectivity index (χ1n) is 18.1. The van der Waals surface area contributed by atoms with Crippen molar-refractivity contribution in [3.63, 3.8) is 0 Å². The van der Waals surface area contributed by atoms with E-state index in [-0.39, 0.29) is 0 Å². The Morgan fingerprint density at radius 3 is 1.27 bits per heavy atom. The molecule has 1 aliphatic heterocycles. The molecule has 0 spiro atoms. The van der Waals surface area contributed by atoms with Gasteiger partial charge in [0.25, 0.3) is 0 Å². The topological polar surface area (TPSA) is 224 Å². The summed E-state index contributed by atoms with van der Waals surface area (Å²) in [5.74, 6) is -1.35. The van der Waals surface area contributed by atoms with Crippen molar-refractivity contribution in [1.29, 1.82) is 0 Å². The largest absolute Gasteiger partial charge is 0.493 e. The van der Waals surface area contributed by atoms with E-state index in [1.54, 1.807) is 42.7 Å². The molecule has 0 radical (unpaired) electrons. The Hall–Kier alpha value is -7.11. The maximum atomic E-state index is 9.55. The summed E-state index contributed by atoms with van der Waals surface area (Å²) < 4.78 is 33.2. The molecule has 5 rings (SSSR count). The first-order valence-corrected chi connectivity index (χ1v) is 18.1. The minimum absolute atomic E-state index is 0.558. The van der Waals surface area contributed by atoms with Gasteiger partial charge in [-0.15, -0.1) is 0 Å². The van der Waals surface area contributed by atoms with Crippen molar-refractivity contribution in [2.24, 2.45) is 0 Å². The molecule has 60 heavy (non-hydrogen) atoms. The lowest BCUT2D eigenvalue weighted by Gasteiger charge is -2.34. The average Bonchev–Trinajstić information content (AvgIpc) is 3.25. The lowest BCUT2D eigenvalue weighted by atomic mass is 10.0. The van der Waals surface area contributed by atoms with E-state index in [2.05, 4.69) is 51.2 Å². The van der Waals surface area contributed by atoms with Crippen molar-refractivity contribution in [3.8, 4) is 56.9 Å². The van der Waals surface area contributed by atoms with Gasteiger partial charge in [0.2, 0.25) is 11.5 Å². The van der Waals surface area contributed by atoms with Crippen molar-refractivity contribution < 1.29 is 68.0 Å². The molecule has 320 valence electrons. The van der Waals surface area contributed by atoms with Crippen LogP contribution in [0, 0.1) is 0 Å². The third-order valence-corrected chi connectivity index (χ3v) is 8.72. The molecular weight excluding hydrogens is 782 g/mol. The molecular formula is C43H49N3O14. The van der Waals surface area contributed by atoms with E-state index >= 15 is 0 Å². The molecule has 17 nitrogen and oxygen atoms in total. The summed E-state index contributed by atoms with van der Waals surface area (Å²) in [6.07, 6.45) is 4.10. The predicted octanol–water partition coefficient (Wildman–Crippen LogP) is 5.21. The van der Waals surface area contributed by atoms with E-state index in [4.69, 9.17) is 48.8 Å². The number of aliphatic carboxylic acids is 4. The standard InChI is InChI=1S/C35H41N3O6.2C4H4O4/c1-39-30-18-27(19-31(40-2)34(30)43-5)26-9-7-8-24(16-26)22-37-12-14-38(15-13-37)23-25-10-11-36-29(17-25)28-20-32(41-3)35(44-6)33(21-28)42-4;2*5-3(6)1-2-4(7)8/h7-11,16-21H,12-15,22-23H2,1-6H3;2*1-2H,(H,5,6)(H,7,8). The zero-order valence-electron chi connectivity index (χ0n) is 34.1. The molecule has 0 unspecified atom stereocenters. The minimum Gasteiger partial charge on any atom is -0.493 e. The molecule has 0 amide bonds. The molecule has 0 saturated carbocycles. The second kappa shape index (κ2) is 24.0. The van der Waals surface area contributed by atoms with E-state index < -0.39 is 23.9 Å². The van der Waals surface area contributed by atoms with Crippen molar-refractivity contribution >= 4 is 23.9 Å². The van der Waals surface area contributed by atoms with Gasteiger partial charge in [-0.25, -0.2) is 19.2 Å². The summed E-state index contributed by atoms with van der Waals surface area (Å²) in [6, 6.07) is 20.7. The number of carboxylic acids is 4. The van der Waals surface area contributed by atoms with Gasteiger partial charge in [-0.05, 0) is 64.7 Å². The van der Waals surface area contributed by atoms with Gasteiger partial charge in [0, 0.05) is 75.3 Å². The van der Waals surface area contributed by atoms with Crippen LogP contribution in [0.25, 0.3) is 22.4 Å². The molecule has 17 heteroatoms. The fourth-order valence-electron chi connectivity index (χ4n) is 5.96. The zero-order chi connectivity index (χ0) is 44.2. The van der Waals surface area contributed by atoms with Crippen LogP contribution in [0.15, 0.2) is 91.2 Å². The molecule has 1 fully saturated rings. The average molecular weight is 832 g/mol. The van der Waals surface area contributed by atoms with Crippen LogP contribution in [-0.2, 0) is 32.3 Å². The Balaban J connectivity index is 0.000000507. The zero-order valence-corrected chi connectivity index (χ0v) is 34.1. The second-order valence-corrected chi connectivity index (χ2v) is 12.6. The molecule has 1 aromatic heterocycles. The fraction of sp³-hybridized carbons (Fsp3) is 0.279. The van der Waals surface area contributed by atoms with Crippen molar-refractivity contribution in [1.82, 2.24) is 14.8 Å². The highest BCUT2D eigenvalue weighted by atomic mass is 16.5. The molecule has 0 atom stereocenters. The van der Waals surface area contributed by atoms with Crippen molar-refractivity contribution in [2.45, 2.75) is 13.1 Å². The Morgan fingerprint density at radius 1 is 0.517 bits per heavy atom. The number of carbonyl (C=O) groups is 4. The molecule has 0 aliphatic carbocycles. The number of rotatable bonds is 16. The van der Waals surface area contributed by atoms with Crippen molar-refractivity contribution in [3.05, 3.63) is 102 Å². The third kappa shape index (κ3) is 14.7. The summed E-state index contributed by atoms with van der Waals surface area (Å²) in [6.45, 7) is 5.75. The van der Waals surface area contributed by atoms with Gasteiger partial charge in [-0.1, -0.05) is 18.2 Å². The molecule has 4 aromatic rings. The second-order valence-electron chi connectivity index (χ2n) is 12.6. The van der Waals surface area contributed by atoms with Gasteiger partial charge in [-0.3, -0.25) is 14.8 Å². The van der Waals surface area contributed by atoms with Crippen LogP contribution in [0.5, 0.6) is 34.5 Å². The van der Waals surface area contributed by atoms with E-state index in [1.807, 2.05) is 30.5 Å². The summed E-state index contributed by atoms with van der Waals surface area (Å²) in [7, 11) is 9.75. The number of hydrogen-bond donors (Lipinski definition) is 4. The first-order chi connectivity index (χ1) is 28.7. The van der Waals surface area contributed by atoms with Gasteiger partial charge in [0.15, 0.2) is 23.0 Å². The summed E-state index contributed by atoms with van der Waals surface area (Å²) in [5.41, 5.74) is 6.41. The van der Waals surface area contributed by atoms with Gasteiger partial charge in [0.1, 0.15) is 0 Å². The number of pyridine rings is 1. The lowest BCUT2D eigenvalue weighted by Crippen LogP contribution is -2.45. The Morgan fingerprint density at radius 2 is 0.900 bits per heavy atom. The van der Waals surface area contributed by atoms with Gasteiger partial charge >= 0.3 is 23.9 Å². The normalized spacial score (nSPS) is 12.6. The molecule has 1 saturated heterocycles. The van der Waals surface area contributed by atoms with Gasteiger partial charge in [0.05, 0.1) is 48.4 Å². The molecule has 0 bridgehead atoms. The highest BCUT2D eigenvalue weighted by Crippen LogP contribution is 2.42. The summed E-state index contributed by atoms with van der Waals surface area (Å²) >= 11 is 0. The van der Waals surface area contributed by atoms with Gasteiger partial charge in [-0.2, -0.15) is 0 Å². The summed E-state index contributed by atoms with van der Waals surface area (Å²) in [4.78, 5) is 47.9. The first kappa shape index (κ1) is 47.3. The van der Waals surface area contributed by atoms with E-state index in [1.165, 1.54) is 11.1 Å². The van der Waals surface area contributed by atoms with Crippen LogP contribution in [-0.4, -0.2) is 128 Å². The molecule has 2 heterocycles. The molecule has 1 aliphatic rings. The number of carboxylic acid groups (broad SMARTS) is 4. The Labute approximate surface area is 347 Å². The fourth-order valence-corrected chi connectivity index (χ4v) is 5.96. The number of aromatic nitrogens is 1. The number of piperazine rings is 1. The number of methoxy groups -OCH3 is 6. The number of hydrogen-bond acceptors (Lipinski definition) is 13. The van der Waals surface area contributed by atoms with E-state index in [9.17, 15) is 19.2 Å². The van der Waals surface area contributed by atoms with E-state index in [0.29, 0.717) is 58.8 Å². The number of benzene rings is 3. The Bertz CT molecular complexity index is 1910. The Kier molecular flexibility index (Phi) is 18.9. The van der Waals surface area contributed by atoms with Crippen LogP contribution in [0.4, 0.5) is 0 Å². The minimum atomic E-state index is -1.26. The lowest BCUT2D eigenvalue weighted by molar-refractivity contribution is -0.134.